The van der Waals surface area contributed by atoms with E-state index < -0.39 is 11.7 Å². The number of ether oxygens (including phenoxy) is 2. The summed E-state index contributed by atoms with van der Waals surface area (Å²) in [6.07, 6.45) is 1.69. The first-order valence-electron chi connectivity index (χ1n) is 7.06. The maximum atomic E-state index is 10.5. The molecule has 3 heteroatoms. The van der Waals surface area contributed by atoms with E-state index in [1.807, 2.05) is 31.2 Å². The monoisotopic (exact) mass is 266 g/mol. The summed E-state index contributed by atoms with van der Waals surface area (Å²) in [4.78, 5) is 0. The van der Waals surface area contributed by atoms with Crippen molar-refractivity contribution in [1.82, 2.24) is 0 Å². The van der Waals surface area contributed by atoms with Crippen LogP contribution in [-0.2, 0) is 11.2 Å². The third-order valence-corrected chi connectivity index (χ3v) is 3.80. The third-order valence-electron chi connectivity index (χ3n) is 3.80. The average molecular weight is 266 g/mol. The van der Waals surface area contributed by atoms with Gasteiger partial charge in [-0.15, -0.1) is 0 Å². The van der Waals surface area contributed by atoms with Gasteiger partial charge in [0.05, 0.1) is 18.8 Å². The van der Waals surface area contributed by atoms with Crippen molar-refractivity contribution in [2.24, 2.45) is 0 Å². The topological polar surface area (TPSA) is 38.7 Å². The van der Waals surface area contributed by atoms with Crippen LogP contribution in [0.25, 0.3) is 0 Å². The predicted octanol–water partition coefficient (Wildman–Crippen LogP) is 3.19. The molecule has 0 saturated heterocycles. The molecule has 0 saturated carbocycles. The molecule has 3 nitrogen and oxygen atoms in total. The Morgan fingerprint density at radius 2 is 1.89 bits per heavy atom. The summed E-state index contributed by atoms with van der Waals surface area (Å²) in [5.74, 6) is 0.819. The summed E-state index contributed by atoms with van der Waals surface area (Å²) >= 11 is 0. The molecule has 0 aliphatic heterocycles. The Balaban J connectivity index is 2.83. The van der Waals surface area contributed by atoms with Crippen LogP contribution in [0.4, 0.5) is 0 Å². The molecule has 0 amide bonds. The van der Waals surface area contributed by atoms with Gasteiger partial charge in [-0.05, 0) is 37.5 Å². The van der Waals surface area contributed by atoms with Gasteiger partial charge in [-0.1, -0.05) is 26.0 Å². The molecule has 19 heavy (non-hydrogen) atoms. The lowest BCUT2D eigenvalue weighted by atomic mass is 9.86. The lowest BCUT2D eigenvalue weighted by molar-refractivity contribution is -0.124. The Labute approximate surface area is 116 Å². The molecule has 0 aromatic heterocycles. The lowest BCUT2D eigenvalue weighted by Crippen LogP contribution is -2.45. The van der Waals surface area contributed by atoms with Crippen molar-refractivity contribution in [3.8, 4) is 5.75 Å². The minimum Gasteiger partial charge on any atom is -0.497 e. The van der Waals surface area contributed by atoms with Gasteiger partial charge in [-0.25, -0.2) is 0 Å². The van der Waals surface area contributed by atoms with E-state index in [0.29, 0.717) is 13.0 Å². The molecule has 1 rings (SSSR count). The van der Waals surface area contributed by atoms with Crippen LogP contribution >= 0.6 is 0 Å². The van der Waals surface area contributed by atoms with Crippen molar-refractivity contribution in [1.29, 1.82) is 0 Å². The van der Waals surface area contributed by atoms with Gasteiger partial charge in [0.25, 0.3) is 0 Å². The highest BCUT2D eigenvalue weighted by Crippen LogP contribution is 2.28. The van der Waals surface area contributed by atoms with Crippen molar-refractivity contribution >= 4 is 0 Å². The quantitative estimate of drug-likeness (QED) is 0.785. The highest BCUT2D eigenvalue weighted by atomic mass is 16.5. The Hall–Kier alpha value is -1.06. The van der Waals surface area contributed by atoms with Crippen molar-refractivity contribution < 1.29 is 14.6 Å². The van der Waals surface area contributed by atoms with Crippen LogP contribution in [0.2, 0.25) is 0 Å². The summed E-state index contributed by atoms with van der Waals surface area (Å²) in [6.45, 7) is 6.72. The Kier molecular flexibility index (Phi) is 6.32. The van der Waals surface area contributed by atoms with E-state index in [2.05, 4.69) is 13.8 Å². The highest BCUT2D eigenvalue weighted by Gasteiger charge is 2.35. The smallest absolute Gasteiger partial charge is 0.119 e. The second-order valence-electron chi connectivity index (χ2n) is 4.78. The average Bonchev–Trinajstić information content (AvgIpc) is 2.45. The Morgan fingerprint density at radius 1 is 1.21 bits per heavy atom. The number of aliphatic hydroxyl groups excluding tert-OH is 1. The highest BCUT2D eigenvalue weighted by molar-refractivity contribution is 5.29. The van der Waals surface area contributed by atoms with Gasteiger partial charge < -0.3 is 14.6 Å². The number of methoxy groups -OCH3 is 1. The molecule has 1 aromatic carbocycles. The molecule has 108 valence electrons. The molecular weight excluding hydrogens is 240 g/mol. The molecule has 1 aromatic rings. The van der Waals surface area contributed by atoms with Gasteiger partial charge in [0.1, 0.15) is 5.75 Å². The summed E-state index contributed by atoms with van der Waals surface area (Å²) in [6, 6.07) is 7.82. The Morgan fingerprint density at radius 3 is 2.42 bits per heavy atom. The first-order chi connectivity index (χ1) is 9.11. The molecule has 0 aliphatic carbocycles. The normalized spacial score (nSPS) is 13.3. The van der Waals surface area contributed by atoms with E-state index in [1.54, 1.807) is 7.11 Å². The van der Waals surface area contributed by atoms with Gasteiger partial charge in [0, 0.05) is 13.0 Å². The fraction of sp³-hybridized carbons (Fsp3) is 0.625. The fourth-order valence-corrected chi connectivity index (χ4v) is 2.52. The maximum absolute atomic E-state index is 10.5. The molecule has 0 heterocycles. The minimum atomic E-state index is -0.505. The van der Waals surface area contributed by atoms with Gasteiger partial charge in [-0.2, -0.15) is 0 Å². The second-order valence-corrected chi connectivity index (χ2v) is 4.78. The van der Waals surface area contributed by atoms with E-state index in [4.69, 9.17) is 9.47 Å². The van der Waals surface area contributed by atoms with Crippen LogP contribution in [0, 0.1) is 0 Å². The first-order valence-corrected chi connectivity index (χ1v) is 7.06. The largest absolute Gasteiger partial charge is 0.497 e. The van der Waals surface area contributed by atoms with Crippen molar-refractivity contribution in [2.45, 2.75) is 51.7 Å². The SMILES string of the molecule is CCOC(CC)(CC)C(O)Cc1cccc(OC)c1. The van der Waals surface area contributed by atoms with E-state index in [1.165, 1.54) is 0 Å². The van der Waals surface area contributed by atoms with Crippen LogP contribution in [0.3, 0.4) is 0 Å². The molecule has 1 unspecified atom stereocenters. The second kappa shape index (κ2) is 7.51. The van der Waals surface area contributed by atoms with Crippen molar-refractivity contribution in [3.63, 3.8) is 0 Å². The summed E-state index contributed by atoms with van der Waals surface area (Å²) < 4.78 is 11.0. The summed E-state index contributed by atoms with van der Waals surface area (Å²) in [5, 5.41) is 10.5. The van der Waals surface area contributed by atoms with Crippen LogP contribution in [0.5, 0.6) is 5.75 Å². The van der Waals surface area contributed by atoms with Gasteiger partial charge in [0.2, 0.25) is 0 Å². The van der Waals surface area contributed by atoms with Gasteiger partial charge >= 0.3 is 0 Å². The molecular formula is C16H26O3. The molecule has 0 fully saturated rings. The van der Waals surface area contributed by atoms with E-state index in [-0.39, 0.29) is 0 Å². The zero-order chi connectivity index (χ0) is 14.3. The molecule has 0 aliphatic rings. The van der Waals surface area contributed by atoms with Crippen molar-refractivity contribution in [2.75, 3.05) is 13.7 Å². The third kappa shape index (κ3) is 3.95. The van der Waals surface area contributed by atoms with Gasteiger partial charge in [0.15, 0.2) is 0 Å². The standard InChI is InChI=1S/C16H26O3/c1-5-16(6-2,19-7-3)15(17)12-13-9-8-10-14(11-13)18-4/h8-11,15,17H,5-7,12H2,1-4H3. The first kappa shape index (κ1) is 16.0. The van der Waals surface area contributed by atoms with Gasteiger partial charge in [-0.3, -0.25) is 0 Å². The van der Waals surface area contributed by atoms with Crippen LogP contribution in [0.1, 0.15) is 39.2 Å². The van der Waals surface area contributed by atoms with Crippen molar-refractivity contribution in [3.05, 3.63) is 29.8 Å². The number of aliphatic hydroxyl groups is 1. The maximum Gasteiger partial charge on any atom is 0.119 e. The zero-order valence-corrected chi connectivity index (χ0v) is 12.5. The minimum absolute atomic E-state index is 0.447. The summed E-state index contributed by atoms with van der Waals surface area (Å²) in [7, 11) is 1.65. The number of rotatable bonds is 8. The molecule has 1 atom stereocenters. The van der Waals surface area contributed by atoms with E-state index in [9.17, 15) is 5.11 Å². The molecule has 0 bridgehead atoms. The number of hydrogen-bond donors (Lipinski definition) is 1. The van der Waals surface area contributed by atoms with E-state index in [0.717, 1.165) is 24.2 Å². The fourth-order valence-electron chi connectivity index (χ4n) is 2.52. The molecule has 0 spiro atoms. The Bertz CT molecular complexity index is 372. The molecule has 1 N–H and O–H groups in total. The van der Waals surface area contributed by atoms with Crippen LogP contribution in [-0.4, -0.2) is 30.5 Å². The van der Waals surface area contributed by atoms with Crippen LogP contribution in [0.15, 0.2) is 24.3 Å². The van der Waals surface area contributed by atoms with Crippen LogP contribution < -0.4 is 4.74 Å². The molecule has 0 radical (unpaired) electrons. The zero-order valence-electron chi connectivity index (χ0n) is 12.5. The number of benzene rings is 1. The number of hydrogen-bond acceptors (Lipinski definition) is 3. The lowest BCUT2D eigenvalue weighted by Gasteiger charge is -2.36. The van der Waals surface area contributed by atoms with E-state index >= 15 is 0 Å². The predicted molar refractivity (Wildman–Crippen MR) is 77.6 cm³/mol. The summed E-state index contributed by atoms with van der Waals surface area (Å²) in [5.41, 5.74) is 0.621.